The first kappa shape index (κ1) is 20.7. The zero-order valence-corrected chi connectivity index (χ0v) is 19.4. The predicted molar refractivity (Wildman–Crippen MR) is 125 cm³/mol. The van der Waals surface area contributed by atoms with Crippen LogP contribution in [0.1, 0.15) is 37.8 Å². The molecule has 0 N–H and O–H groups in total. The Morgan fingerprint density at radius 3 is 2.17 bits per heavy atom. The van der Waals surface area contributed by atoms with Crippen molar-refractivity contribution < 1.29 is 0 Å². The Morgan fingerprint density at radius 2 is 1.55 bits per heavy atom. The van der Waals surface area contributed by atoms with Crippen molar-refractivity contribution in [2.75, 3.05) is 18.0 Å². The van der Waals surface area contributed by atoms with Crippen LogP contribution in [0.2, 0.25) is 15.2 Å². The lowest BCUT2D eigenvalue weighted by Gasteiger charge is -2.38. The second kappa shape index (κ2) is 7.61. The van der Waals surface area contributed by atoms with Crippen molar-refractivity contribution in [2.24, 2.45) is 5.41 Å². The zero-order chi connectivity index (χ0) is 20.9. The highest BCUT2D eigenvalue weighted by molar-refractivity contribution is 6.40. The van der Waals surface area contributed by atoms with Gasteiger partial charge in [-0.05, 0) is 55.4 Å². The molecular weight excluding hydrogens is 425 g/mol. The molecule has 3 heterocycles. The van der Waals surface area contributed by atoms with Gasteiger partial charge in [0.15, 0.2) is 0 Å². The van der Waals surface area contributed by atoms with E-state index < -0.39 is 0 Å². The molecule has 3 nitrogen and oxygen atoms in total. The minimum absolute atomic E-state index is 0.351. The number of benzene rings is 1. The first-order valence-electron chi connectivity index (χ1n) is 9.83. The van der Waals surface area contributed by atoms with Crippen LogP contribution in [0.15, 0.2) is 24.4 Å². The van der Waals surface area contributed by atoms with Crippen LogP contribution in [-0.2, 0) is 0 Å². The van der Waals surface area contributed by atoms with Crippen molar-refractivity contribution in [3.8, 4) is 11.3 Å². The summed E-state index contributed by atoms with van der Waals surface area (Å²) < 4.78 is 0. The van der Waals surface area contributed by atoms with Crippen LogP contribution >= 0.6 is 34.8 Å². The summed E-state index contributed by atoms with van der Waals surface area (Å²) in [6, 6.07) is 5.90. The van der Waals surface area contributed by atoms with Crippen LogP contribution in [0, 0.1) is 19.3 Å². The maximum atomic E-state index is 6.68. The van der Waals surface area contributed by atoms with Gasteiger partial charge in [-0.25, -0.2) is 9.97 Å². The summed E-state index contributed by atoms with van der Waals surface area (Å²) >= 11 is 19.6. The van der Waals surface area contributed by atoms with Crippen LogP contribution in [0.4, 0.5) is 5.82 Å². The standard InChI is InChI=1S/C23H24Cl3N3/c1-13-9-14(2)21(26)19(20(13)25)17-10-15-12-27-18(24)11-16(15)22(28-17)29-7-5-23(3,4)6-8-29/h9-12H,5-8H2,1-4H3. The molecule has 0 amide bonds. The molecule has 0 saturated carbocycles. The number of anilines is 1. The fourth-order valence-electron chi connectivity index (χ4n) is 3.96. The van der Waals surface area contributed by atoms with E-state index >= 15 is 0 Å². The molecule has 1 aliphatic rings. The average molecular weight is 449 g/mol. The molecule has 1 fully saturated rings. The summed E-state index contributed by atoms with van der Waals surface area (Å²) in [4.78, 5) is 11.7. The van der Waals surface area contributed by atoms with Crippen molar-refractivity contribution in [3.05, 3.63) is 50.7 Å². The number of rotatable bonds is 2. The molecule has 0 atom stereocenters. The molecule has 6 heteroatoms. The Hall–Kier alpha value is -1.55. The number of aromatic nitrogens is 2. The highest BCUT2D eigenvalue weighted by Crippen LogP contribution is 2.41. The molecule has 1 aliphatic heterocycles. The Bertz CT molecular complexity index is 1070. The third-order valence-corrected chi connectivity index (χ3v) is 7.08. The van der Waals surface area contributed by atoms with E-state index in [1.807, 2.05) is 32.0 Å². The topological polar surface area (TPSA) is 29.0 Å². The van der Waals surface area contributed by atoms with Crippen LogP contribution < -0.4 is 4.90 Å². The van der Waals surface area contributed by atoms with Gasteiger partial charge in [-0.1, -0.05) is 54.7 Å². The van der Waals surface area contributed by atoms with E-state index in [0.717, 1.165) is 64.9 Å². The Labute approximate surface area is 187 Å². The van der Waals surface area contributed by atoms with Crippen molar-refractivity contribution in [2.45, 2.75) is 40.5 Å². The van der Waals surface area contributed by atoms with E-state index in [1.165, 1.54) is 0 Å². The molecule has 0 aliphatic carbocycles. The largest absolute Gasteiger partial charge is 0.356 e. The van der Waals surface area contributed by atoms with Crippen molar-refractivity contribution in [1.29, 1.82) is 0 Å². The predicted octanol–water partition coefficient (Wildman–Crippen LogP) is 7.50. The SMILES string of the molecule is Cc1cc(C)c(Cl)c(-c2cc3cnc(Cl)cc3c(N3CCC(C)(C)CC3)n2)c1Cl. The lowest BCUT2D eigenvalue weighted by Crippen LogP contribution is -2.37. The minimum atomic E-state index is 0.351. The quantitative estimate of drug-likeness (QED) is 0.380. The van der Waals surface area contributed by atoms with Crippen molar-refractivity contribution in [3.63, 3.8) is 0 Å². The highest BCUT2D eigenvalue weighted by Gasteiger charge is 2.28. The molecule has 4 rings (SSSR count). The van der Waals surface area contributed by atoms with Crippen LogP contribution in [0.25, 0.3) is 22.0 Å². The van der Waals surface area contributed by atoms with Gasteiger partial charge in [0, 0.05) is 35.6 Å². The third-order valence-electron chi connectivity index (χ3n) is 5.90. The summed E-state index contributed by atoms with van der Waals surface area (Å²) in [6.07, 6.45) is 4.03. The smallest absolute Gasteiger partial charge is 0.137 e. The van der Waals surface area contributed by atoms with Gasteiger partial charge in [-0.2, -0.15) is 0 Å². The molecule has 29 heavy (non-hydrogen) atoms. The van der Waals surface area contributed by atoms with Gasteiger partial charge < -0.3 is 4.90 Å². The normalized spacial score (nSPS) is 16.4. The lowest BCUT2D eigenvalue weighted by molar-refractivity contribution is 0.279. The Balaban J connectivity index is 1.94. The van der Waals surface area contributed by atoms with E-state index in [-0.39, 0.29) is 0 Å². The van der Waals surface area contributed by atoms with Gasteiger partial charge in [0.05, 0.1) is 15.7 Å². The van der Waals surface area contributed by atoms with Crippen molar-refractivity contribution in [1.82, 2.24) is 9.97 Å². The van der Waals surface area contributed by atoms with Gasteiger partial charge in [0.2, 0.25) is 0 Å². The molecule has 0 bridgehead atoms. The minimum Gasteiger partial charge on any atom is -0.356 e. The van der Waals surface area contributed by atoms with Crippen molar-refractivity contribution >= 4 is 51.4 Å². The zero-order valence-electron chi connectivity index (χ0n) is 17.1. The molecule has 1 aromatic carbocycles. The first-order valence-corrected chi connectivity index (χ1v) is 11.0. The molecular formula is C23H24Cl3N3. The number of nitrogens with zero attached hydrogens (tertiary/aromatic N) is 3. The summed E-state index contributed by atoms with van der Waals surface area (Å²) in [5.41, 5.74) is 3.87. The molecule has 0 unspecified atom stereocenters. The van der Waals surface area contributed by atoms with Gasteiger partial charge in [0.1, 0.15) is 11.0 Å². The van der Waals surface area contributed by atoms with Crippen LogP contribution in [-0.4, -0.2) is 23.1 Å². The molecule has 0 spiro atoms. The fourth-order valence-corrected chi connectivity index (χ4v) is 4.66. The number of hydrogen-bond acceptors (Lipinski definition) is 3. The number of hydrogen-bond donors (Lipinski definition) is 0. The van der Waals surface area contributed by atoms with Gasteiger partial charge in [0.25, 0.3) is 0 Å². The van der Waals surface area contributed by atoms with Gasteiger partial charge in [-0.3, -0.25) is 0 Å². The van der Waals surface area contributed by atoms with E-state index in [9.17, 15) is 0 Å². The summed E-state index contributed by atoms with van der Waals surface area (Å²) in [5.74, 6) is 0.920. The number of halogens is 3. The number of pyridine rings is 2. The molecule has 3 aromatic rings. The highest BCUT2D eigenvalue weighted by atomic mass is 35.5. The molecule has 152 valence electrons. The summed E-state index contributed by atoms with van der Waals surface area (Å²) in [5, 5.41) is 3.73. The van der Waals surface area contributed by atoms with E-state index in [0.29, 0.717) is 20.6 Å². The lowest BCUT2D eigenvalue weighted by atomic mass is 9.82. The maximum Gasteiger partial charge on any atom is 0.137 e. The third kappa shape index (κ3) is 3.93. The monoisotopic (exact) mass is 447 g/mol. The average Bonchev–Trinajstić information content (AvgIpc) is 2.66. The van der Waals surface area contributed by atoms with Gasteiger partial charge >= 0.3 is 0 Å². The van der Waals surface area contributed by atoms with Crippen LogP contribution in [0.5, 0.6) is 0 Å². The first-order chi connectivity index (χ1) is 13.7. The van der Waals surface area contributed by atoms with Crippen LogP contribution in [0.3, 0.4) is 0 Å². The summed E-state index contributed by atoms with van der Waals surface area (Å²) in [7, 11) is 0. The molecule has 1 saturated heterocycles. The fraction of sp³-hybridized carbons (Fsp3) is 0.391. The van der Waals surface area contributed by atoms with E-state index in [4.69, 9.17) is 39.8 Å². The number of aryl methyl sites for hydroxylation is 2. The number of piperidine rings is 1. The Morgan fingerprint density at radius 1 is 0.931 bits per heavy atom. The van der Waals surface area contributed by atoms with Gasteiger partial charge in [-0.15, -0.1) is 0 Å². The Kier molecular flexibility index (Phi) is 5.43. The second-order valence-corrected chi connectivity index (χ2v) is 9.87. The summed E-state index contributed by atoms with van der Waals surface area (Å²) in [6.45, 7) is 10.5. The maximum absolute atomic E-state index is 6.68. The second-order valence-electron chi connectivity index (χ2n) is 8.72. The van der Waals surface area contributed by atoms with E-state index in [2.05, 4.69) is 23.7 Å². The molecule has 0 radical (unpaired) electrons. The number of fused-ring (bicyclic) bond motifs is 1. The molecule has 2 aromatic heterocycles. The van der Waals surface area contributed by atoms with E-state index in [1.54, 1.807) is 6.20 Å².